The average Bonchev–Trinajstić information content (AvgIpc) is 3.08. The first kappa shape index (κ1) is 27.7. The highest BCUT2D eigenvalue weighted by Crippen LogP contribution is 2.20. The third-order valence-corrected chi connectivity index (χ3v) is 5.67. The quantitative estimate of drug-likeness (QED) is 0.362. The standard InChI is InChI=1S/C23H40N4O7/c1-14(2)8-18(20(30)25-17(12-28)9-16-6-7-24-19(16)29)26-21(31)33-13-15-10-27(11-15)22(32)34-23(3,4)5/h14-18,28H,6-13H2,1-5H3,(H,24,29)(H,25,30)(H,26,31)/t16-,17-,18-/m0/s1. The molecule has 0 unspecified atom stereocenters. The Morgan fingerprint density at radius 1 is 1.21 bits per heavy atom. The molecule has 3 atom stereocenters. The number of hydrogen-bond donors (Lipinski definition) is 4. The van der Waals surface area contributed by atoms with E-state index >= 15 is 0 Å². The van der Waals surface area contributed by atoms with E-state index in [9.17, 15) is 24.3 Å². The number of hydrogen-bond acceptors (Lipinski definition) is 7. The van der Waals surface area contributed by atoms with Gasteiger partial charge >= 0.3 is 12.2 Å². The molecule has 0 saturated carbocycles. The van der Waals surface area contributed by atoms with Crippen LogP contribution >= 0.6 is 0 Å². The Kier molecular flexibility index (Phi) is 9.96. The number of alkyl carbamates (subject to hydrolysis) is 1. The fourth-order valence-corrected chi connectivity index (χ4v) is 3.93. The first-order valence-corrected chi connectivity index (χ1v) is 12.0. The van der Waals surface area contributed by atoms with Crippen molar-refractivity contribution in [2.24, 2.45) is 17.8 Å². The van der Waals surface area contributed by atoms with E-state index in [0.717, 1.165) is 0 Å². The zero-order valence-corrected chi connectivity index (χ0v) is 20.9. The van der Waals surface area contributed by atoms with Gasteiger partial charge in [-0.15, -0.1) is 0 Å². The molecule has 0 aromatic rings. The average molecular weight is 485 g/mol. The minimum Gasteiger partial charge on any atom is -0.449 e. The van der Waals surface area contributed by atoms with Crippen LogP contribution in [0, 0.1) is 17.8 Å². The van der Waals surface area contributed by atoms with E-state index in [1.165, 1.54) is 0 Å². The second kappa shape index (κ2) is 12.2. The monoisotopic (exact) mass is 484 g/mol. The van der Waals surface area contributed by atoms with Crippen molar-refractivity contribution in [3.8, 4) is 0 Å². The van der Waals surface area contributed by atoms with Gasteiger partial charge in [0.15, 0.2) is 0 Å². The summed E-state index contributed by atoms with van der Waals surface area (Å²) in [5, 5.41) is 17.8. The Balaban J connectivity index is 1.78. The van der Waals surface area contributed by atoms with E-state index in [1.807, 2.05) is 13.8 Å². The van der Waals surface area contributed by atoms with E-state index in [2.05, 4.69) is 16.0 Å². The number of nitrogens with zero attached hydrogens (tertiary/aromatic N) is 1. The molecule has 0 radical (unpaired) electrons. The van der Waals surface area contributed by atoms with Gasteiger partial charge in [-0.1, -0.05) is 13.8 Å². The maximum absolute atomic E-state index is 12.8. The number of nitrogens with one attached hydrogen (secondary N) is 3. The highest BCUT2D eigenvalue weighted by molar-refractivity contribution is 5.86. The first-order chi connectivity index (χ1) is 15.9. The molecule has 2 heterocycles. The molecule has 2 aliphatic rings. The molecular formula is C23H40N4O7. The molecule has 2 aliphatic heterocycles. The van der Waals surface area contributed by atoms with Crippen molar-refractivity contribution in [2.75, 3.05) is 32.8 Å². The van der Waals surface area contributed by atoms with Gasteiger partial charge in [0.2, 0.25) is 11.8 Å². The summed E-state index contributed by atoms with van der Waals surface area (Å²) >= 11 is 0. The molecule has 0 spiro atoms. The fraction of sp³-hybridized carbons (Fsp3) is 0.826. The molecule has 4 N–H and O–H groups in total. The van der Waals surface area contributed by atoms with Crippen LogP contribution in [0.5, 0.6) is 0 Å². The zero-order chi connectivity index (χ0) is 25.5. The molecule has 11 heteroatoms. The fourth-order valence-electron chi connectivity index (χ4n) is 3.93. The molecule has 2 fully saturated rings. The van der Waals surface area contributed by atoms with Crippen LogP contribution < -0.4 is 16.0 Å². The number of rotatable bonds is 10. The van der Waals surface area contributed by atoms with Crippen LogP contribution in [0.15, 0.2) is 0 Å². The highest BCUT2D eigenvalue weighted by Gasteiger charge is 2.35. The van der Waals surface area contributed by atoms with Crippen molar-refractivity contribution in [1.82, 2.24) is 20.9 Å². The lowest BCUT2D eigenvalue weighted by Crippen LogP contribution is -2.54. The lowest BCUT2D eigenvalue weighted by atomic mass is 9.97. The number of ether oxygens (including phenoxy) is 2. The summed E-state index contributed by atoms with van der Waals surface area (Å²) in [5.74, 6) is -0.621. The van der Waals surface area contributed by atoms with Crippen LogP contribution in [0.25, 0.3) is 0 Å². The molecule has 0 aromatic heterocycles. The summed E-state index contributed by atoms with van der Waals surface area (Å²) < 4.78 is 10.6. The number of carbonyl (C=O) groups is 4. The Hall–Kier alpha value is -2.56. The van der Waals surface area contributed by atoms with E-state index in [-0.39, 0.29) is 36.9 Å². The topological polar surface area (TPSA) is 146 Å². The molecule has 2 rings (SSSR count). The molecule has 0 bridgehead atoms. The Labute approximate surface area is 201 Å². The van der Waals surface area contributed by atoms with E-state index in [1.54, 1.807) is 25.7 Å². The molecule has 194 valence electrons. The van der Waals surface area contributed by atoms with Crippen LogP contribution in [0.3, 0.4) is 0 Å². The van der Waals surface area contributed by atoms with Crippen molar-refractivity contribution in [2.45, 2.75) is 71.6 Å². The second-order valence-corrected chi connectivity index (χ2v) is 10.6. The molecule has 0 aromatic carbocycles. The minimum atomic E-state index is -0.835. The number of aliphatic hydroxyl groups is 1. The maximum atomic E-state index is 12.8. The molecule has 0 aliphatic carbocycles. The third-order valence-electron chi connectivity index (χ3n) is 5.67. The third kappa shape index (κ3) is 9.00. The summed E-state index contributed by atoms with van der Waals surface area (Å²) in [4.78, 5) is 50.5. The summed E-state index contributed by atoms with van der Waals surface area (Å²) in [6.07, 6.45) is 0.280. The van der Waals surface area contributed by atoms with Gasteiger partial charge in [0.1, 0.15) is 11.6 Å². The second-order valence-electron chi connectivity index (χ2n) is 10.6. The van der Waals surface area contributed by atoms with Crippen LogP contribution in [-0.2, 0) is 19.1 Å². The Morgan fingerprint density at radius 2 is 1.88 bits per heavy atom. The number of aliphatic hydroxyl groups excluding tert-OH is 1. The SMILES string of the molecule is CC(C)C[C@H](NC(=O)OCC1CN(C(=O)OC(C)(C)C)C1)C(=O)N[C@H](CO)C[C@@H]1CCNC1=O. The van der Waals surface area contributed by atoms with Gasteiger partial charge in [-0.3, -0.25) is 9.59 Å². The van der Waals surface area contributed by atoms with Gasteiger partial charge < -0.3 is 35.4 Å². The van der Waals surface area contributed by atoms with Crippen LogP contribution in [0.1, 0.15) is 53.9 Å². The van der Waals surface area contributed by atoms with Crippen molar-refractivity contribution in [3.63, 3.8) is 0 Å². The van der Waals surface area contributed by atoms with E-state index in [4.69, 9.17) is 9.47 Å². The molecule has 2 saturated heterocycles. The summed E-state index contributed by atoms with van der Waals surface area (Å²) in [7, 11) is 0. The summed E-state index contributed by atoms with van der Waals surface area (Å²) in [6.45, 7) is 10.5. The largest absolute Gasteiger partial charge is 0.449 e. The predicted molar refractivity (Wildman–Crippen MR) is 124 cm³/mol. The van der Waals surface area contributed by atoms with Crippen LogP contribution in [0.2, 0.25) is 0 Å². The molecule has 4 amide bonds. The van der Waals surface area contributed by atoms with Crippen molar-refractivity contribution >= 4 is 24.0 Å². The number of amides is 4. The highest BCUT2D eigenvalue weighted by atomic mass is 16.6. The van der Waals surface area contributed by atoms with Gasteiger partial charge in [-0.25, -0.2) is 9.59 Å². The molecular weight excluding hydrogens is 444 g/mol. The van der Waals surface area contributed by atoms with Crippen LogP contribution in [0.4, 0.5) is 9.59 Å². The van der Waals surface area contributed by atoms with Gasteiger partial charge in [-0.2, -0.15) is 0 Å². The number of likely N-dealkylation sites (tertiary alicyclic amines) is 1. The Morgan fingerprint density at radius 3 is 2.41 bits per heavy atom. The van der Waals surface area contributed by atoms with E-state index in [0.29, 0.717) is 38.9 Å². The van der Waals surface area contributed by atoms with Gasteiger partial charge in [-0.05, 0) is 46.0 Å². The summed E-state index contributed by atoms with van der Waals surface area (Å²) in [5.41, 5.74) is -0.566. The maximum Gasteiger partial charge on any atom is 0.410 e. The predicted octanol–water partition coefficient (Wildman–Crippen LogP) is 0.998. The lowest BCUT2D eigenvalue weighted by Gasteiger charge is -2.39. The van der Waals surface area contributed by atoms with Crippen LogP contribution in [-0.4, -0.2) is 84.5 Å². The first-order valence-electron chi connectivity index (χ1n) is 12.0. The molecule has 11 nitrogen and oxygen atoms in total. The van der Waals surface area contributed by atoms with Crippen molar-refractivity contribution in [3.05, 3.63) is 0 Å². The van der Waals surface area contributed by atoms with E-state index < -0.39 is 35.8 Å². The smallest absolute Gasteiger partial charge is 0.410 e. The zero-order valence-electron chi connectivity index (χ0n) is 20.9. The molecule has 34 heavy (non-hydrogen) atoms. The van der Waals surface area contributed by atoms with Crippen molar-refractivity contribution < 1.29 is 33.8 Å². The minimum absolute atomic E-state index is 0.00645. The summed E-state index contributed by atoms with van der Waals surface area (Å²) in [6, 6.07) is -1.42. The lowest BCUT2D eigenvalue weighted by molar-refractivity contribution is -0.126. The normalized spacial score (nSPS) is 20.3. The Bertz CT molecular complexity index is 731. The van der Waals surface area contributed by atoms with Crippen molar-refractivity contribution in [1.29, 1.82) is 0 Å². The van der Waals surface area contributed by atoms with Gasteiger partial charge in [0.25, 0.3) is 0 Å². The number of carbonyl (C=O) groups excluding carboxylic acids is 4. The van der Waals surface area contributed by atoms with Gasteiger partial charge in [0.05, 0.1) is 19.3 Å². The van der Waals surface area contributed by atoms with Gasteiger partial charge in [0, 0.05) is 31.5 Å².